The smallest absolute Gasteiger partial charge is 0.261 e. The van der Waals surface area contributed by atoms with E-state index in [0.717, 1.165) is 17.1 Å². The van der Waals surface area contributed by atoms with Crippen LogP contribution in [0.3, 0.4) is 0 Å². The van der Waals surface area contributed by atoms with E-state index in [1.165, 1.54) is 11.8 Å². The van der Waals surface area contributed by atoms with Crippen molar-refractivity contribution in [3.8, 4) is 11.4 Å². The topological polar surface area (TPSA) is 73.0 Å². The molecule has 0 N–H and O–H groups in total. The highest BCUT2D eigenvalue weighted by molar-refractivity contribution is 7.99. The number of imidazole rings is 1. The quantitative estimate of drug-likeness (QED) is 0.605. The van der Waals surface area contributed by atoms with E-state index in [9.17, 15) is 9.59 Å². The molecule has 0 radical (unpaired) electrons. The molecule has 1 amide bonds. The summed E-state index contributed by atoms with van der Waals surface area (Å²) in [4.78, 5) is 36.6. The molecule has 2 bridgehead atoms. The molecule has 0 aromatic carbocycles. The van der Waals surface area contributed by atoms with Gasteiger partial charge in [-0.05, 0) is 36.6 Å². The van der Waals surface area contributed by atoms with Gasteiger partial charge < -0.3 is 14.0 Å². The standard InChI is InChI=1S/C22H23N5O2S/c1-25-9-8-24-21(25)17-5-6-18-16-10-15(12-27(18)22(17)29)11-26(13-16)20(28)14-30-19-4-2-3-7-23-19/h2-9,15-16H,10-14H2,1H3/t15-,16+/m0/s1. The molecule has 0 spiro atoms. The fraction of sp³-hybridized carbons (Fsp3) is 0.364. The number of amides is 1. The maximum absolute atomic E-state index is 13.2. The number of fused-ring (bicyclic) bond motifs is 4. The zero-order valence-electron chi connectivity index (χ0n) is 16.8. The predicted molar refractivity (Wildman–Crippen MR) is 115 cm³/mol. The first-order valence-electron chi connectivity index (χ1n) is 10.1. The van der Waals surface area contributed by atoms with Gasteiger partial charge in [0.2, 0.25) is 5.91 Å². The molecule has 1 fully saturated rings. The molecular weight excluding hydrogens is 398 g/mol. The van der Waals surface area contributed by atoms with E-state index < -0.39 is 0 Å². The minimum Gasteiger partial charge on any atom is -0.341 e. The van der Waals surface area contributed by atoms with Crippen molar-refractivity contribution in [1.29, 1.82) is 0 Å². The molecule has 0 unspecified atom stereocenters. The summed E-state index contributed by atoms with van der Waals surface area (Å²) < 4.78 is 3.78. The first-order valence-corrected chi connectivity index (χ1v) is 11.1. The van der Waals surface area contributed by atoms with Crippen LogP contribution in [-0.2, 0) is 18.4 Å². The highest BCUT2D eigenvalue weighted by atomic mass is 32.2. The van der Waals surface area contributed by atoms with E-state index in [1.54, 1.807) is 12.4 Å². The Hall–Kier alpha value is -2.87. The third kappa shape index (κ3) is 3.45. The van der Waals surface area contributed by atoms with Crippen LogP contribution in [0.2, 0.25) is 0 Å². The molecule has 3 aromatic rings. The van der Waals surface area contributed by atoms with E-state index in [4.69, 9.17) is 0 Å². The Balaban J connectivity index is 1.35. The summed E-state index contributed by atoms with van der Waals surface area (Å²) in [5.41, 5.74) is 1.68. The lowest BCUT2D eigenvalue weighted by molar-refractivity contribution is -0.131. The van der Waals surface area contributed by atoms with Crippen molar-refractivity contribution < 1.29 is 4.79 Å². The molecule has 7 nitrogen and oxygen atoms in total. The van der Waals surface area contributed by atoms with Crippen LogP contribution >= 0.6 is 11.8 Å². The first-order chi connectivity index (χ1) is 14.6. The van der Waals surface area contributed by atoms with Crippen molar-refractivity contribution >= 4 is 17.7 Å². The Bertz CT molecular complexity index is 1140. The molecule has 1 saturated heterocycles. The van der Waals surface area contributed by atoms with E-state index >= 15 is 0 Å². The number of aromatic nitrogens is 4. The molecule has 5 heterocycles. The fourth-order valence-electron chi connectivity index (χ4n) is 4.60. The number of carbonyl (C=O) groups excluding carboxylic acids is 1. The number of likely N-dealkylation sites (tertiary alicyclic amines) is 1. The van der Waals surface area contributed by atoms with Gasteiger partial charge in [0.25, 0.3) is 5.56 Å². The Kier molecular flexibility index (Phi) is 4.94. The number of hydrogen-bond acceptors (Lipinski definition) is 5. The van der Waals surface area contributed by atoms with Crippen LogP contribution in [0.15, 0.2) is 58.7 Å². The number of aryl methyl sites for hydroxylation is 1. The van der Waals surface area contributed by atoms with Crippen molar-refractivity contribution in [2.75, 3.05) is 18.8 Å². The summed E-state index contributed by atoms with van der Waals surface area (Å²) >= 11 is 1.47. The second-order valence-corrected chi connectivity index (χ2v) is 9.00. The fourth-order valence-corrected chi connectivity index (χ4v) is 5.37. The van der Waals surface area contributed by atoms with Crippen LogP contribution in [0.5, 0.6) is 0 Å². The molecule has 0 aliphatic carbocycles. The van der Waals surface area contributed by atoms with Gasteiger partial charge in [-0.25, -0.2) is 9.97 Å². The van der Waals surface area contributed by atoms with Gasteiger partial charge in [-0.2, -0.15) is 0 Å². The molecule has 5 rings (SSSR count). The van der Waals surface area contributed by atoms with Gasteiger partial charge >= 0.3 is 0 Å². The Morgan fingerprint density at radius 3 is 2.80 bits per heavy atom. The third-order valence-corrected chi connectivity index (χ3v) is 6.93. The van der Waals surface area contributed by atoms with Crippen LogP contribution in [0.25, 0.3) is 11.4 Å². The number of rotatable bonds is 4. The van der Waals surface area contributed by atoms with Crippen LogP contribution in [-0.4, -0.2) is 48.8 Å². The molecule has 30 heavy (non-hydrogen) atoms. The van der Waals surface area contributed by atoms with Crippen LogP contribution in [0.1, 0.15) is 18.0 Å². The lowest BCUT2D eigenvalue weighted by Crippen LogP contribution is -2.49. The molecule has 0 saturated carbocycles. The van der Waals surface area contributed by atoms with Gasteiger partial charge in [-0.3, -0.25) is 9.59 Å². The molecule has 2 atom stereocenters. The summed E-state index contributed by atoms with van der Waals surface area (Å²) in [6.07, 6.45) is 6.32. The predicted octanol–water partition coefficient (Wildman–Crippen LogP) is 2.38. The Morgan fingerprint density at radius 1 is 1.13 bits per heavy atom. The summed E-state index contributed by atoms with van der Waals surface area (Å²) in [5.74, 6) is 1.72. The first kappa shape index (κ1) is 19.1. The second-order valence-electron chi connectivity index (χ2n) is 8.00. The van der Waals surface area contributed by atoms with Gasteiger partial charge in [0, 0.05) is 56.9 Å². The zero-order valence-corrected chi connectivity index (χ0v) is 17.6. The second kappa shape index (κ2) is 7.75. The van der Waals surface area contributed by atoms with Gasteiger partial charge in [-0.1, -0.05) is 17.8 Å². The monoisotopic (exact) mass is 421 g/mol. The average molecular weight is 422 g/mol. The van der Waals surface area contributed by atoms with E-state index in [0.29, 0.717) is 42.7 Å². The summed E-state index contributed by atoms with van der Waals surface area (Å²) in [7, 11) is 1.90. The van der Waals surface area contributed by atoms with Crippen molar-refractivity contribution in [3.63, 3.8) is 0 Å². The number of pyridine rings is 2. The van der Waals surface area contributed by atoms with Gasteiger partial charge in [0.15, 0.2) is 0 Å². The largest absolute Gasteiger partial charge is 0.341 e. The average Bonchev–Trinajstić information content (AvgIpc) is 3.19. The molecule has 3 aromatic heterocycles. The van der Waals surface area contributed by atoms with Gasteiger partial charge in [0.05, 0.1) is 16.3 Å². The summed E-state index contributed by atoms with van der Waals surface area (Å²) in [5, 5.41) is 0.863. The molecule has 2 aliphatic heterocycles. The van der Waals surface area contributed by atoms with Gasteiger partial charge in [-0.15, -0.1) is 0 Å². The lowest BCUT2D eigenvalue weighted by Gasteiger charge is -2.43. The SMILES string of the molecule is Cn1ccnc1-c1ccc2n(c1=O)C[C@H]1C[C@@H]2CN(C(=O)CSc2ccccn2)C1. The number of hydrogen-bond donors (Lipinski definition) is 0. The maximum atomic E-state index is 13.2. The van der Waals surface area contributed by atoms with E-state index in [-0.39, 0.29) is 17.4 Å². The molecule has 2 aliphatic rings. The van der Waals surface area contributed by atoms with E-state index in [1.807, 2.05) is 57.6 Å². The summed E-state index contributed by atoms with van der Waals surface area (Å²) in [6.45, 7) is 2.02. The summed E-state index contributed by atoms with van der Waals surface area (Å²) in [6, 6.07) is 9.65. The third-order valence-electron chi connectivity index (χ3n) is 6.00. The minimum atomic E-state index is 0.0157. The highest BCUT2D eigenvalue weighted by Gasteiger charge is 2.36. The van der Waals surface area contributed by atoms with Gasteiger partial charge in [0.1, 0.15) is 5.82 Å². The molecular formula is C22H23N5O2S. The normalized spacial score (nSPS) is 20.1. The van der Waals surface area contributed by atoms with Crippen molar-refractivity contribution in [3.05, 3.63) is 65.0 Å². The lowest BCUT2D eigenvalue weighted by atomic mass is 9.83. The number of nitrogens with zero attached hydrogens (tertiary/aromatic N) is 5. The molecule has 8 heteroatoms. The minimum absolute atomic E-state index is 0.0157. The maximum Gasteiger partial charge on any atom is 0.261 e. The van der Waals surface area contributed by atoms with Crippen LogP contribution < -0.4 is 5.56 Å². The van der Waals surface area contributed by atoms with Crippen molar-refractivity contribution in [1.82, 2.24) is 24.0 Å². The van der Waals surface area contributed by atoms with Crippen LogP contribution in [0.4, 0.5) is 0 Å². The van der Waals surface area contributed by atoms with Crippen molar-refractivity contribution in [2.45, 2.75) is 23.9 Å². The Morgan fingerprint density at radius 2 is 2.03 bits per heavy atom. The molecule has 154 valence electrons. The number of piperidine rings is 1. The zero-order chi connectivity index (χ0) is 20.7. The highest BCUT2D eigenvalue weighted by Crippen LogP contribution is 2.36. The number of thioether (sulfide) groups is 1. The van der Waals surface area contributed by atoms with Crippen LogP contribution in [0, 0.1) is 5.92 Å². The van der Waals surface area contributed by atoms with Crippen molar-refractivity contribution in [2.24, 2.45) is 13.0 Å². The number of carbonyl (C=O) groups is 1. The Labute approximate surface area is 178 Å². The van der Waals surface area contributed by atoms with E-state index in [2.05, 4.69) is 9.97 Å².